The number of amides is 1. The number of benzene rings is 1. The van der Waals surface area contributed by atoms with Gasteiger partial charge >= 0.3 is 5.97 Å². The van der Waals surface area contributed by atoms with Gasteiger partial charge in [-0.3, -0.25) is 4.79 Å². The van der Waals surface area contributed by atoms with E-state index in [0.29, 0.717) is 17.7 Å². The first kappa shape index (κ1) is 15.8. The Morgan fingerprint density at radius 3 is 2.43 bits per heavy atom. The summed E-state index contributed by atoms with van der Waals surface area (Å²) in [5.74, 6) is -0.504. The van der Waals surface area contributed by atoms with Crippen molar-refractivity contribution in [2.24, 2.45) is 0 Å². The molecule has 1 spiro atoms. The first-order valence-electron chi connectivity index (χ1n) is 8.39. The van der Waals surface area contributed by atoms with Gasteiger partial charge in [-0.1, -0.05) is 43.2 Å². The number of rotatable bonds is 3. The maximum atomic E-state index is 12.8. The molecule has 0 atom stereocenters. The fourth-order valence-electron chi connectivity index (χ4n) is 3.64. The summed E-state index contributed by atoms with van der Waals surface area (Å²) in [6.45, 7) is 2.17. The average molecular weight is 313 g/mol. The minimum atomic E-state index is -0.696. The molecule has 1 heterocycles. The van der Waals surface area contributed by atoms with Gasteiger partial charge in [0.25, 0.3) is 5.91 Å². The molecule has 4 heteroatoms. The van der Waals surface area contributed by atoms with Gasteiger partial charge in [-0.25, -0.2) is 4.79 Å². The number of nitrogens with one attached hydrogen (secondary N) is 1. The number of esters is 1. The Bertz CT molecular complexity index is 625. The molecule has 0 aromatic heterocycles. The highest BCUT2D eigenvalue weighted by Gasteiger charge is 2.48. The maximum absolute atomic E-state index is 12.8. The van der Waals surface area contributed by atoms with Crippen LogP contribution in [-0.4, -0.2) is 17.5 Å². The van der Waals surface area contributed by atoms with Crippen LogP contribution >= 0.6 is 0 Å². The van der Waals surface area contributed by atoms with E-state index in [-0.39, 0.29) is 11.9 Å². The van der Waals surface area contributed by atoms with Crippen LogP contribution in [0.5, 0.6) is 0 Å². The molecular formula is C19H23NO3. The van der Waals surface area contributed by atoms with Gasteiger partial charge in [0, 0.05) is 12.1 Å². The van der Waals surface area contributed by atoms with Crippen molar-refractivity contribution in [3.05, 3.63) is 47.0 Å². The molecule has 122 valence electrons. The molecular weight excluding hydrogens is 290 g/mol. The van der Waals surface area contributed by atoms with Crippen molar-refractivity contribution in [1.82, 2.24) is 5.32 Å². The fourth-order valence-corrected chi connectivity index (χ4v) is 3.64. The maximum Gasteiger partial charge on any atom is 0.335 e. The van der Waals surface area contributed by atoms with Crippen LogP contribution in [0.2, 0.25) is 0 Å². The van der Waals surface area contributed by atoms with Crippen molar-refractivity contribution in [2.45, 2.75) is 57.6 Å². The lowest BCUT2D eigenvalue weighted by Gasteiger charge is -2.29. The van der Waals surface area contributed by atoms with Gasteiger partial charge < -0.3 is 10.1 Å². The van der Waals surface area contributed by atoms with Crippen molar-refractivity contribution in [3.8, 4) is 0 Å². The quantitative estimate of drug-likeness (QED) is 0.871. The van der Waals surface area contributed by atoms with Crippen molar-refractivity contribution in [3.63, 3.8) is 0 Å². The summed E-state index contributed by atoms with van der Waals surface area (Å²) >= 11 is 0. The van der Waals surface area contributed by atoms with Crippen LogP contribution in [0.4, 0.5) is 0 Å². The Morgan fingerprint density at radius 1 is 1.13 bits per heavy atom. The third kappa shape index (κ3) is 3.16. The van der Waals surface area contributed by atoms with Crippen LogP contribution in [0.15, 0.2) is 41.5 Å². The predicted octanol–water partition coefficient (Wildman–Crippen LogP) is 3.27. The summed E-state index contributed by atoms with van der Waals surface area (Å²) in [6, 6.07) is 9.78. The Labute approximate surface area is 136 Å². The van der Waals surface area contributed by atoms with E-state index in [1.54, 1.807) is 6.92 Å². The molecule has 1 aromatic rings. The zero-order valence-corrected chi connectivity index (χ0v) is 13.6. The van der Waals surface area contributed by atoms with E-state index >= 15 is 0 Å². The number of hydrogen-bond donors (Lipinski definition) is 1. The summed E-state index contributed by atoms with van der Waals surface area (Å²) in [5, 5.41) is 2.95. The lowest BCUT2D eigenvalue weighted by molar-refractivity contribution is -0.148. The van der Waals surface area contributed by atoms with Crippen molar-refractivity contribution >= 4 is 11.9 Å². The molecule has 4 nitrogen and oxygen atoms in total. The minimum Gasteiger partial charge on any atom is -0.451 e. The zero-order chi connectivity index (χ0) is 16.3. The van der Waals surface area contributed by atoms with Gasteiger partial charge in [-0.15, -0.1) is 0 Å². The standard InChI is InChI=1S/C19H23NO3/c1-14-16(17(21)20-13-15-9-5-4-6-10-15)19(23-18(14)22)11-7-2-3-8-12-19/h4-6,9-10H,2-3,7-8,11-13H2,1H3,(H,20,21). The number of hydrogen-bond acceptors (Lipinski definition) is 3. The van der Waals surface area contributed by atoms with E-state index < -0.39 is 5.60 Å². The highest BCUT2D eigenvalue weighted by atomic mass is 16.6. The van der Waals surface area contributed by atoms with E-state index in [9.17, 15) is 9.59 Å². The molecule has 23 heavy (non-hydrogen) atoms. The second kappa shape index (κ2) is 6.57. The molecule has 0 bridgehead atoms. The average Bonchev–Trinajstić information content (AvgIpc) is 2.71. The van der Waals surface area contributed by atoms with E-state index in [1.807, 2.05) is 30.3 Å². The lowest BCUT2D eigenvalue weighted by Crippen LogP contribution is -2.39. The topological polar surface area (TPSA) is 55.4 Å². The summed E-state index contributed by atoms with van der Waals surface area (Å²) in [5.41, 5.74) is 1.37. The second-order valence-corrected chi connectivity index (χ2v) is 6.47. The first-order chi connectivity index (χ1) is 11.1. The van der Waals surface area contributed by atoms with E-state index in [0.717, 1.165) is 44.1 Å². The smallest absolute Gasteiger partial charge is 0.335 e. The van der Waals surface area contributed by atoms with Gasteiger partial charge in [0.2, 0.25) is 0 Å². The summed E-state index contributed by atoms with van der Waals surface area (Å²) in [4.78, 5) is 24.8. The molecule has 1 aliphatic carbocycles. The lowest BCUT2D eigenvalue weighted by atomic mass is 9.84. The highest BCUT2D eigenvalue weighted by molar-refractivity contribution is 6.07. The molecule has 0 unspecified atom stereocenters. The Balaban J connectivity index is 1.79. The van der Waals surface area contributed by atoms with Gasteiger partial charge in [0.05, 0.1) is 5.57 Å². The molecule has 0 radical (unpaired) electrons. The van der Waals surface area contributed by atoms with E-state index in [2.05, 4.69) is 5.32 Å². The summed E-state index contributed by atoms with van der Waals surface area (Å²) < 4.78 is 5.69. The van der Waals surface area contributed by atoms with Gasteiger partial charge in [-0.2, -0.15) is 0 Å². The van der Waals surface area contributed by atoms with Crippen molar-refractivity contribution in [1.29, 1.82) is 0 Å². The molecule has 1 amide bonds. The Hall–Kier alpha value is -2.10. The monoisotopic (exact) mass is 313 g/mol. The van der Waals surface area contributed by atoms with Crippen molar-refractivity contribution < 1.29 is 14.3 Å². The number of carbonyl (C=O) groups excluding carboxylic acids is 2. The van der Waals surface area contributed by atoms with Crippen LogP contribution in [0.3, 0.4) is 0 Å². The predicted molar refractivity (Wildman–Crippen MR) is 87.5 cm³/mol. The largest absolute Gasteiger partial charge is 0.451 e. The number of ether oxygens (including phenoxy) is 1. The molecule has 1 saturated carbocycles. The molecule has 1 aliphatic heterocycles. The SMILES string of the molecule is CC1=C(C(=O)NCc2ccccc2)C2(CCCCCC2)OC1=O. The van der Waals surface area contributed by atoms with E-state index in [4.69, 9.17) is 4.74 Å². The van der Waals surface area contributed by atoms with Crippen LogP contribution in [-0.2, 0) is 20.9 Å². The Morgan fingerprint density at radius 2 is 1.78 bits per heavy atom. The molecule has 3 rings (SSSR count). The van der Waals surface area contributed by atoms with Gasteiger partial charge in [0.15, 0.2) is 0 Å². The fraction of sp³-hybridized carbons (Fsp3) is 0.474. The third-order valence-corrected chi connectivity index (χ3v) is 4.86. The summed E-state index contributed by atoms with van der Waals surface area (Å²) in [6.07, 6.45) is 5.77. The van der Waals surface area contributed by atoms with Crippen molar-refractivity contribution in [2.75, 3.05) is 0 Å². The van der Waals surface area contributed by atoms with Crippen LogP contribution in [0.25, 0.3) is 0 Å². The first-order valence-corrected chi connectivity index (χ1v) is 8.39. The zero-order valence-electron chi connectivity index (χ0n) is 13.6. The molecule has 1 fully saturated rings. The Kier molecular flexibility index (Phi) is 4.51. The van der Waals surface area contributed by atoms with Crippen LogP contribution in [0.1, 0.15) is 51.0 Å². The normalized spacial score (nSPS) is 20.3. The minimum absolute atomic E-state index is 0.167. The van der Waals surface area contributed by atoms with Gasteiger partial charge in [-0.05, 0) is 38.2 Å². The van der Waals surface area contributed by atoms with Crippen LogP contribution < -0.4 is 5.32 Å². The molecule has 2 aliphatic rings. The van der Waals surface area contributed by atoms with Crippen LogP contribution in [0, 0.1) is 0 Å². The molecule has 0 saturated heterocycles. The van der Waals surface area contributed by atoms with Gasteiger partial charge in [0.1, 0.15) is 5.60 Å². The summed E-state index contributed by atoms with van der Waals surface area (Å²) in [7, 11) is 0. The van der Waals surface area contributed by atoms with E-state index in [1.165, 1.54) is 0 Å². The second-order valence-electron chi connectivity index (χ2n) is 6.47. The molecule has 1 aromatic carbocycles. The number of carbonyl (C=O) groups is 2. The third-order valence-electron chi connectivity index (χ3n) is 4.86. The molecule has 1 N–H and O–H groups in total. The highest BCUT2D eigenvalue weighted by Crippen LogP contribution is 2.42.